The van der Waals surface area contributed by atoms with Gasteiger partial charge in [-0.05, 0) is 32.9 Å². The van der Waals surface area contributed by atoms with Crippen LogP contribution >= 0.6 is 0 Å². The molecule has 0 amide bonds. The number of aromatic nitrogens is 2. The third kappa shape index (κ3) is 2.01. The lowest BCUT2D eigenvalue weighted by Crippen LogP contribution is -2.21. The predicted molar refractivity (Wildman–Crippen MR) is 59.7 cm³/mol. The third-order valence-corrected chi connectivity index (χ3v) is 2.59. The van der Waals surface area contributed by atoms with Gasteiger partial charge in [0.15, 0.2) is 0 Å². The monoisotopic (exact) mass is 242 g/mol. The maximum Gasteiger partial charge on any atom is 0.418 e. The molecule has 0 atom stereocenters. The highest BCUT2D eigenvalue weighted by atomic mass is 19.4. The Hall–Kier alpha value is -1.52. The van der Waals surface area contributed by atoms with E-state index in [1.165, 1.54) is 18.3 Å². The molecular weight excluding hydrogens is 229 g/mol. The Morgan fingerprint density at radius 2 is 1.82 bits per heavy atom. The Morgan fingerprint density at radius 3 is 2.35 bits per heavy atom. The first-order valence-electron chi connectivity index (χ1n) is 5.25. The van der Waals surface area contributed by atoms with Crippen molar-refractivity contribution < 1.29 is 13.2 Å². The Labute approximate surface area is 97.1 Å². The van der Waals surface area contributed by atoms with E-state index in [2.05, 4.69) is 4.98 Å². The van der Waals surface area contributed by atoms with Crippen LogP contribution in [0.25, 0.3) is 11.0 Å². The molecule has 2 nitrogen and oxygen atoms in total. The summed E-state index contributed by atoms with van der Waals surface area (Å²) in [5, 5.41) is 0.148. The van der Waals surface area contributed by atoms with Crippen LogP contribution in [-0.2, 0) is 11.7 Å². The molecule has 0 aliphatic rings. The molecule has 0 radical (unpaired) electrons. The van der Waals surface area contributed by atoms with Gasteiger partial charge in [0.2, 0.25) is 0 Å². The zero-order valence-corrected chi connectivity index (χ0v) is 9.84. The molecule has 0 N–H and O–H groups in total. The molecule has 0 unspecified atom stereocenters. The lowest BCUT2D eigenvalue weighted by Gasteiger charge is -2.21. The van der Waals surface area contributed by atoms with Crippen LogP contribution in [-0.4, -0.2) is 9.55 Å². The van der Waals surface area contributed by atoms with Crippen molar-refractivity contribution in [2.75, 3.05) is 0 Å². The van der Waals surface area contributed by atoms with E-state index in [4.69, 9.17) is 0 Å². The summed E-state index contributed by atoms with van der Waals surface area (Å²) in [5.74, 6) is 0. The van der Waals surface area contributed by atoms with E-state index in [0.717, 1.165) is 6.20 Å². The number of nitrogens with zero attached hydrogens (tertiary/aromatic N) is 2. The molecule has 5 heteroatoms. The molecule has 0 fully saturated rings. The van der Waals surface area contributed by atoms with Crippen molar-refractivity contribution in [1.29, 1.82) is 0 Å². The zero-order chi connectivity index (χ0) is 12.8. The van der Waals surface area contributed by atoms with Crippen LogP contribution in [0.4, 0.5) is 13.2 Å². The Bertz CT molecular complexity index is 499. The van der Waals surface area contributed by atoms with Crippen molar-refractivity contribution in [2.45, 2.75) is 32.5 Å². The van der Waals surface area contributed by atoms with E-state index in [0.29, 0.717) is 5.65 Å². The van der Waals surface area contributed by atoms with Crippen LogP contribution in [0.3, 0.4) is 0 Å². The summed E-state index contributed by atoms with van der Waals surface area (Å²) >= 11 is 0. The van der Waals surface area contributed by atoms with E-state index in [9.17, 15) is 13.2 Å². The van der Waals surface area contributed by atoms with Crippen LogP contribution in [0.5, 0.6) is 0 Å². The van der Waals surface area contributed by atoms with Crippen molar-refractivity contribution >= 4 is 11.0 Å². The fraction of sp³-hybridized carbons (Fsp3) is 0.417. The molecule has 0 aromatic carbocycles. The molecule has 2 aromatic rings. The number of pyridine rings is 1. The maximum atomic E-state index is 12.9. The molecule has 2 heterocycles. The predicted octanol–water partition coefficient (Wildman–Crippen LogP) is 3.81. The van der Waals surface area contributed by atoms with Gasteiger partial charge >= 0.3 is 6.18 Å². The van der Waals surface area contributed by atoms with Crippen LogP contribution in [0.15, 0.2) is 24.5 Å². The van der Waals surface area contributed by atoms with Crippen molar-refractivity contribution in [2.24, 2.45) is 0 Å². The van der Waals surface area contributed by atoms with Gasteiger partial charge in [-0.2, -0.15) is 13.2 Å². The second-order valence-corrected chi connectivity index (χ2v) is 4.96. The minimum absolute atomic E-state index is 0.148. The van der Waals surface area contributed by atoms with Crippen molar-refractivity contribution in [3.8, 4) is 0 Å². The highest BCUT2D eigenvalue weighted by Gasteiger charge is 2.36. The first-order chi connectivity index (χ1) is 7.71. The van der Waals surface area contributed by atoms with E-state index in [1.807, 2.05) is 20.8 Å². The smallest absolute Gasteiger partial charge is 0.327 e. The van der Waals surface area contributed by atoms with Gasteiger partial charge in [-0.1, -0.05) is 0 Å². The van der Waals surface area contributed by atoms with E-state index >= 15 is 0 Å². The van der Waals surface area contributed by atoms with Crippen molar-refractivity contribution in [1.82, 2.24) is 9.55 Å². The molecular formula is C12H13F3N2. The number of hydrogen-bond donors (Lipinski definition) is 0. The molecule has 2 rings (SSSR count). The lowest BCUT2D eigenvalue weighted by molar-refractivity contribution is -0.136. The molecule has 0 spiro atoms. The maximum absolute atomic E-state index is 12.9. The van der Waals surface area contributed by atoms with Crippen molar-refractivity contribution in [3.05, 3.63) is 30.1 Å². The Kier molecular flexibility index (Phi) is 2.45. The van der Waals surface area contributed by atoms with Crippen LogP contribution in [0.1, 0.15) is 26.3 Å². The second-order valence-electron chi connectivity index (χ2n) is 4.96. The summed E-state index contributed by atoms with van der Waals surface area (Å²) in [6.07, 6.45) is -1.71. The van der Waals surface area contributed by atoms with E-state index < -0.39 is 17.3 Å². The number of alkyl halides is 3. The summed E-state index contributed by atoms with van der Waals surface area (Å²) in [6.45, 7) is 5.55. The fourth-order valence-corrected chi connectivity index (χ4v) is 1.80. The molecule has 0 bridgehead atoms. The fourth-order valence-electron chi connectivity index (χ4n) is 1.80. The quantitative estimate of drug-likeness (QED) is 0.686. The standard InChI is InChI=1S/C12H13F3N2/c1-11(2,3)17-7-9(12(13,14)15)8-5-4-6-16-10(8)17/h4-7H,1-3H3. The number of hydrogen-bond acceptors (Lipinski definition) is 1. The molecule has 0 aliphatic heterocycles. The van der Waals surface area contributed by atoms with Gasteiger partial charge < -0.3 is 4.57 Å². The van der Waals surface area contributed by atoms with Gasteiger partial charge in [-0.15, -0.1) is 0 Å². The SMILES string of the molecule is CC(C)(C)n1cc(C(F)(F)F)c2cccnc21. The summed E-state index contributed by atoms with van der Waals surface area (Å²) in [7, 11) is 0. The lowest BCUT2D eigenvalue weighted by atomic mass is 10.1. The molecule has 0 saturated heterocycles. The summed E-state index contributed by atoms with van der Waals surface area (Å²) in [4.78, 5) is 4.04. The molecule has 2 aromatic heterocycles. The summed E-state index contributed by atoms with van der Waals surface area (Å²) in [5.41, 5.74) is -0.696. The molecule has 17 heavy (non-hydrogen) atoms. The minimum atomic E-state index is -4.35. The van der Waals surface area contributed by atoms with E-state index in [1.54, 1.807) is 4.57 Å². The van der Waals surface area contributed by atoms with E-state index in [-0.39, 0.29) is 5.39 Å². The highest BCUT2D eigenvalue weighted by Crippen LogP contribution is 2.37. The number of halogens is 3. The van der Waals surface area contributed by atoms with Gasteiger partial charge in [0.25, 0.3) is 0 Å². The van der Waals surface area contributed by atoms with Gasteiger partial charge in [0, 0.05) is 23.3 Å². The second kappa shape index (κ2) is 3.48. The molecule has 92 valence electrons. The first-order valence-corrected chi connectivity index (χ1v) is 5.25. The largest absolute Gasteiger partial charge is 0.418 e. The van der Waals surface area contributed by atoms with Gasteiger partial charge in [0.05, 0.1) is 5.56 Å². The van der Waals surface area contributed by atoms with Crippen LogP contribution in [0, 0.1) is 0 Å². The normalized spacial score (nSPS) is 13.3. The topological polar surface area (TPSA) is 17.8 Å². The van der Waals surface area contributed by atoms with Gasteiger partial charge in [-0.3, -0.25) is 0 Å². The highest BCUT2D eigenvalue weighted by molar-refractivity contribution is 5.81. The van der Waals surface area contributed by atoms with Gasteiger partial charge in [0.1, 0.15) is 5.65 Å². The average molecular weight is 242 g/mol. The number of rotatable bonds is 0. The zero-order valence-electron chi connectivity index (χ0n) is 9.84. The minimum Gasteiger partial charge on any atom is -0.327 e. The summed E-state index contributed by atoms with van der Waals surface area (Å²) < 4.78 is 40.2. The van der Waals surface area contributed by atoms with Crippen molar-refractivity contribution in [3.63, 3.8) is 0 Å². The molecule has 0 aliphatic carbocycles. The molecule has 0 saturated carbocycles. The van der Waals surface area contributed by atoms with Crippen LogP contribution < -0.4 is 0 Å². The van der Waals surface area contributed by atoms with Gasteiger partial charge in [-0.25, -0.2) is 4.98 Å². The Balaban J connectivity index is 2.81. The third-order valence-electron chi connectivity index (χ3n) is 2.59. The average Bonchev–Trinajstić information content (AvgIpc) is 2.55. The first kappa shape index (κ1) is 12.0. The van der Waals surface area contributed by atoms with Crippen LogP contribution in [0.2, 0.25) is 0 Å². The number of fused-ring (bicyclic) bond motifs is 1. The Morgan fingerprint density at radius 1 is 1.18 bits per heavy atom. The summed E-state index contributed by atoms with van der Waals surface area (Å²) in [6, 6.07) is 2.97.